The van der Waals surface area contributed by atoms with Crippen molar-refractivity contribution in [3.05, 3.63) is 28.3 Å². The standard InChI is InChI=1S/C10H15N3O2/c1-10(2,3)12-7-4-5-8(11)9(6-7)13(14)15/h4-6,12H,11H2,1-3H3. The summed E-state index contributed by atoms with van der Waals surface area (Å²) < 4.78 is 0. The van der Waals surface area contributed by atoms with Gasteiger partial charge in [0.25, 0.3) is 5.69 Å². The average molecular weight is 209 g/mol. The fourth-order valence-electron chi connectivity index (χ4n) is 1.21. The summed E-state index contributed by atoms with van der Waals surface area (Å²) in [4.78, 5) is 10.2. The topological polar surface area (TPSA) is 81.2 Å². The lowest BCUT2D eigenvalue weighted by molar-refractivity contribution is -0.383. The van der Waals surface area contributed by atoms with Crippen LogP contribution in [0, 0.1) is 10.1 Å². The maximum Gasteiger partial charge on any atom is 0.294 e. The second kappa shape index (κ2) is 3.76. The Labute approximate surface area is 88.4 Å². The quantitative estimate of drug-likeness (QED) is 0.445. The van der Waals surface area contributed by atoms with Crippen LogP contribution < -0.4 is 11.1 Å². The SMILES string of the molecule is CC(C)(C)Nc1ccc(N)c([N+](=O)[O-])c1. The minimum Gasteiger partial charge on any atom is -0.393 e. The van der Waals surface area contributed by atoms with E-state index in [1.54, 1.807) is 6.07 Å². The first kappa shape index (κ1) is 11.3. The summed E-state index contributed by atoms with van der Waals surface area (Å²) in [6, 6.07) is 4.71. The number of rotatable bonds is 2. The zero-order valence-electron chi connectivity index (χ0n) is 9.07. The number of hydrogen-bond donors (Lipinski definition) is 2. The summed E-state index contributed by atoms with van der Waals surface area (Å²) in [5, 5.41) is 13.8. The van der Waals surface area contributed by atoms with Crippen molar-refractivity contribution in [2.45, 2.75) is 26.3 Å². The van der Waals surface area contributed by atoms with Crippen molar-refractivity contribution in [1.82, 2.24) is 0 Å². The zero-order valence-corrected chi connectivity index (χ0v) is 9.07. The number of nitrogens with zero attached hydrogens (tertiary/aromatic N) is 1. The minimum absolute atomic E-state index is 0.0655. The van der Waals surface area contributed by atoms with E-state index < -0.39 is 4.92 Å². The van der Waals surface area contributed by atoms with Gasteiger partial charge in [-0.1, -0.05) is 0 Å². The largest absolute Gasteiger partial charge is 0.393 e. The third-order valence-electron chi connectivity index (χ3n) is 1.75. The number of nitro benzene ring substituents is 1. The maximum atomic E-state index is 10.6. The van der Waals surface area contributed by atoms with Crippen LogP contribution in [-0.4, -0.2) is 10.5 Å². The number of benzene rings is 1. The summed E-state index contributed by atoms with van der Waals surface area (Å²) in [7, 11) is 0. The van der Waals surface area contributed by atoms with Crippen LogP contribution in [0.1, 0.15) is 20.8 Å². The molecule has 0 aliphatic heterocycles. The Morgan fingerprint density at radius 1 is 1.40 bits per heavy atom. The molecule has 0 atom stereocenters. The Bertz CT molecular complexity index is 383. The Kier molecular flexibility index (Phi) is 2.83. The van der Waals surface area contributed by atoms with Gasteiger partial charge in [0.15, 0.2) is 0 Å². The number of anilines is 2. The molecular weight excluding hydrogens is 194 g/mol. The molecule has 0 saturated heterocycles. The summed E-state index contributed by atoms with van der Waals surface area (Å²) in [5.41, 5.74) is 6.16. The maximum absolute atomic E-state index is 10.6. The molecule has 0 aromatic heterocycles. The van der Waals surface area contributed by atoms with Gasteiger partial charge in [-0.05, 0) is 32.9 Å². The summed E-state index contributed by atoms with van der Waals surface area (Å²) >= 11 is 0. The van der Waals surface area contributed by atoms with Crippen molar-refractivity contribution in [2.24, 2.45) is 0 Å². The van der Waals surface area contributed by atoms with Crippen LogP contribution >= 0.6 is 0 Å². The highest BCUT2D eigenvalue weighted by atomic mass is 16.6. The molecule has 5 heteroatoms. The molecule has 3 N–H and O–H groups in total. The van der Waals surface area contributed by atoms with E-state index in [9.17, 15) is 10.1 Å². The minimum atomic E-state index is -0.483. The first-order valence-electron chi connectivity index (χ1n) is 4.62. The summed E-state index contributed by atoms with van der Waals surface area (Å²) in [5.74, 6) is 0. The molecule has 5 nitrogen and oxygen atoms in total. The lowest BCUT2D eigenvalue weighted by atomic mass is 10.1. The predicted octanol–water partition coefficient (Wildman–Crippen LogP) is 2.39. The van der Waals surface area contributed by atoms with Gasteiger partial charge >= 0.3 is 0 Å². The van der Waals surface area contributed by atoms with Crippen molar-refractivity contribution in [3.8, 4) is 0 Å². The average Bonchev–Trinajstić information content (AvgIpc) is 2.05. The number of nitrogen functional groups attached to an aromatic ring is 1. The molecule has 0 aliphatic carbocycles. The molecule has 0 aliphatic rings. The highest BCUT2D eigenvalue weighted by Crippen LogP contribution is 2.26. The van der Waals surface area contributed by atoms with Gasteiger partial charge in [0.1, 0.15) is 5.69 Å². The Balaban J connectivity index is 3.03. The molecule has 82 valence electrons. The van der Waals surface area contributed by atoms with E-state index >= 15 is 0 Å². The molecule has 0 heterocycles. The molecule has 1 aromatic rings. The third kappa shape index (κ3) is 3.12. The first-order chi connectivity index (χ1) is 6.79. The van der Waals surface area contributed by atoms with Crippen LogP contribution in [0.25, 0.3) is 0 Å². The van der Waals surface area contributed by atoms with Gasteiger partial charge in [-0.25, -0.2) is 0 Å². The normalized spacial score (nSPS) is 11.1. The van der Waals surface area contributed by atoms with E-state index in [4.69, 9.17) is 5.73 Å². The van der Waals surface area contributed by atoms with Crippen LogP contribution in [-0.2, 0) is 0 Å². The molecule has 1 rings (SSSR count). The van der Waals surface area contributed by atoms with Crippen LogP contribution in [0.15, 0.2) is 18.2 Å². The van der Waals surface area contributed by atoms with Gasteiger partial charge in [0.2, 0.25) is 0 Å². The van der Waals surface area contributed by atoms with Crippen molar-refractivity contribution < 1.29 is 4.92 Å². The number of hydrogen-bond acceptors (Lipinski definition) is 4. The molecule has 0 saturated carbocycles. The van der Waals surface area contributed by atoms with E-state index in [0.29, 0.717) is 5.69 Å². The van der Waals surface area contributed by atoms with Gasteiger partial charge in [-0.15, -0.1) is 0 Å². The van der Waals surface area contributed by atoms with Gasteiger partial charge in [-0.3, -0.25) is 10.1 Å². The van der Waals surface area contributed by atoms with E-state index in [-0.39, 0.29) is 16.9 Å². The lowest BCUT2D eigenvalue weighted by Gasteiger charge is -2.22. The first-order valence-corrected chi connectivity index (χ1v) is 4.62. The van der Waals surface area contributed by atoms with Crippen molar-refractivity contribution >= 4 is 17.1 Å². The van der Waals surface area contributed by atoms with Gasteiger partial charge in [-0.2, -0.15) is 0 Å². The Morgan fingerprint density at radius 2 is 2.00 bits per heavy atom. The van der Waals surface area contributed by atoms with Crippen molar-refractivity contribution in [1.29, 1.82) is 0 Å². The molecule has 0 amide bonds. The summed E-state index contributed by atoms with van der Waals surface area (Å²) in [6.45, 7) is 5.94. The highest BCUT2D eigenvalue weighted by molar-refractivity contribution is 5.65. The smallest absolute Gasteiger partial charge is 0.294 e. The van der Waals surface area contributed by atoms with Crippen LogP contribution in [0.3, 0.4) is 0 Å². The molecule has 0 unspecified atom stereocenters. The third-order valence-corrected chi connectivity index (χ3v) is 1.75. The molecule has 0 radical (unpaired) electrons. The van der Waals surface area contributed by atoms with Gasteiger partial charge in [0.05, 0.1) is 4.92 Å². The van der Waals surface area contributed by atoms with E-state index in [1.807, 2.05) is 20.8 Å². The van der Waals surface area contributed by atoms with Crippen LogP contribution in [0.5, 0.6) is 0 Å². The molecule has 0 bridgehead atoms. The monoisotopic (exact) mass is 209 g/mol. The number of nitrogens with two attached hydrogens (primary N) is 1. The second-order valence-corrected chi connectivity index (χ2v) is 4.41. The fourth-order valence-corrected chi connectivity index (χ4v) is 1.21. The van der Waals surface area contributed by atoms with E-state index in [1.165, 1.54) is 12.1 Å². The lowest BCUT2D eigenvalue weighted by Crippen LogP contribution is -2.26. The van der Waals surface area contributed by atoms with Gasteiger partial charge < -0.3 is 11.1 Å². The van der Waals surface area contributed by atoms with Crippen molar-refractivity contribution in [2.75, 3.05) is 11.1 Å². The molecule has 0 spiro atoms. The van der Waals surface area contributed by atoms with Crippen LogP contribution in [0.2, 0.25) is 0 Å². The second-order valence-electron chi connectivity index (χ2n) is 4.41. The highest BCUT2D eigenvalue weighted by Gasteiger charge is 2.15. The number of nitrogens with one attached hydrogen (secondary N) is 1. The zero-order chi connectivity index (χ0) is 11.6. The van der Waals surface area contributed by atoms with Crippen molar-refractivity contribution in [3.63, 3.8) is 0 Å². The van der Waals surface area contributed by atoms with E-state index in [0.717, 1.165) is 0 Å². The van der Waals surface area contributed by atoms with Crippen LogP contribution in [0.4, 0.5) is 17.1 Å². The molecule has 0 fully saturated rings. The predicted molar refractivity (Wildman–Crippen MR) is 60.9 cm³/mol. The Hall–Kier alpha value is -1.78. The molecule has 1 aromatic carbocycles. The van der Waals surface area contributed by atoms with E-state index in [2.05, 4.69) is 5.32 Å². The Morgan fingerprint density at radius 3 is 2.47 bits per heavy atom. The number of nitro groups is 1. The molecule has 15 heavy (non-hydrogen) atoms. The summed E-state index contributed by atoms with van der Waals surface area (Å²) in [6.07, 6.45) is 0. The van der Waals surface area contributed by atoms with Gasteiger partial charge in [0, 0.05) is 17.3 Å². The molecular formula is C10H15N3O2. The fraction of sp³-hybridized carbons (Fsp3) is 0.400.